The number of primary amides is 1. The number of aromatic nitrogens is 2. The minimum atomic E-state index is -1.02. The highest BCUT2D eigenvalue weighted by molar-refractivity contribution is 6.04. The van der Waals surface area contributed by atoms with Gasteiger partial charge in [-0.1, -0.05) is 43.2 Å². The van der Waals surface area contributed by atoms with Gasteiger partial charge in [-0.2, -0.15) is 0 Å². The van der Waals surface area contributed by atoms with Crippen molar-refractivity contribution in [1.29, 1.82) is 0 Å². The summed E-state index contributed by atoms with van der Waals surface area (Å²) in [5.74, 6) is -1.54. The van der Waals surface area contributed by atoms with Gasteiger partial charge in [-0.25, -0.2) is 9.07 Å². The van der Waals surface area contributed by atoms with E-state index in [1.54, 1.807) is 48.5 Å². The Morgan fingerprint density at radius 2 is 1.78 bits per heavy atom. The van der Waals surface area contributed by atoms with Crippen LogP contribution >= 0.6 is 0 Å². The fourth-order valence-electron chi connectivity index (χ4n) is 4.90. The third-order valence-electron chi connectivity index (χ3n) is 7.47. The second kappa shape index (κ2) is 11.4. The summed E-state index contributed by atoms with van der Waals surface area (Å²) in [5.41, 5.74) is 20.0. The molecule has 10 nitrogen and oxygen atoms in total. The molecule has 0 radical (unpaired) electrons. The number of anilines is 1. The standard InChI is InChI=1S/C30H30FN7O3/c31-24-11-10-22(30(34,13-12-18-4-5-18)21-8-6-20(7-9-21)28(33)39)15-25(24)35-29(40)26-16-27(37-41)36-38(26)23-3-1-2-19(14-23)17-32/h1-3,6-11,14-16,18H,4-5,12-13,17,32,34H2,(H2,33,39)(H,35,40). The number of carbonyl (C=O) groups excluding carboxylic acids is 2. The molecule has 1 heterocycles. The zero-order valence-corrected chi connectivity index (χ0v) is 22.2. The van der Waals surface area contributed by atoms with E-state index in [0.717, 1.165) is 30.4 Å². The van der Waals surface area contributed by atoms with Gasteiger partial charge in [0.25, 0.3) is 5.91 Å². The molecular weight excluding hydrogens is 525 g/mol. The molecule has 1 atom stereocenters. The van der Waals surface area contributed by atoms with Gasteiger partial charge >= 0.3 is 0 Å². The first-order valence-electron chi connectivity index (χ1n) is 13.2. The summed E-state index contributed by atoms with van der Waals surface area (Å²) in [6, 6.07) is 19.3. The summed E-state index contributed by atoms with van der Waals surface area (Å²) in [4.78, 5) is 36.3. The van der Waals surface area contributed by atoms with Crippen molar-refractivity contribution >= 4 is 23.3 Å². The van der Waals surface area contributed by atoms with Crippen molar-refractivity contribution in [3.05, 3.63) is 111 Å². The molecule has 0 aliphatic heterocycles. The van der Waals surface area contributed by atoms with E-state index in [1.165, 1.54) is 22.9 Å². The van der Waals surface area contributed by atoms with Gasteiger partial charge < -0.3 is 22.5 Å². The Kier molecular flexibility index (Phi) is 7.73. The monoisotopic (exact) mass is 555 g/mol. The number of amides is 2. The number of nitrogens with two attached hydrogens (primary N) is 3. The molecule has 1 unspecified atom stereocenters. The van der Waals surface area contributed by atoms with Crippen LogP contribution in [0.2, 0.25) is 0 Å². The highest BCUT2D eigenvalue weighted by atomic mass is 19.1. The van der Waals surface area contributed by atoms with Gasteiger partial charge in [0.15, 0.2) is 0 Å². The predicted octanol–water partition coefficient (Wildman–Crippen LogP) is 4.61. The van der Waals surface area contributed by atoms with Crippen molar-refractivity contribution in [3.63, 3.8) is 0 Å². The lowest BCUT2D eigenvalue weighted by atomic mass is 9.79. The number of hydrogen-bond donors (Lipinski definition) is 4. The van der Waals surface area contributed by atoms with Crippen LogP contribution in [0, 0.1) is 16.6 Å². The van der Waals surface area contributed by atoms with Crippen molar-refractivity contribution in [2.24, 2.45) is 28.3 Å². The highest BCUT2D eigenvalue weighted by Gasteiger charge is 2.34. The lowest BCUT2D eigenvalue weighted by molar-refractivity contribution is 0.0996. The molecule has 1 fully saturated rings. The van der Waals surface area contributed by atoms with Crippen LogP contribution in [0.3, 0.4) is 0 Å². The SMILES string of the molecule is NCc1cccc(-n2nc(N=O)cc2C(=O)Nc2cc(C(N)(CCC3CC3)c3ccc(C(N)=O)cc3)ccc2F)c1. The van der Waals surface area contributed by atoms with E-state index in [2.05, 4.69) is 15.6 Å². The number of halogens is 1. The molecule has 1 saturated carbocycles. The van der Waals surface area contributed by atoms with Gasteiger partial charge in [0.2, 0.25) is 11.7 Å². The topological polar surface area (TPSA) is 171 Å². The maximum atomic E-state index is 15.1. The van der Waals surface area contributed by atoms with Gasteiger partial charge in [0.05, 0.1) is 16.9 Å². The maximum Gasteiger partial charge on any atom is 0.274 e. The van der Waals surface area contributed by atoms with Crippen molar-refractivity contribution in [2.75, 3.05) is 5.32 Å². The zero-order valence-electron chi connectivity index (χ0n) is 22.2. The fraction of sp³-hybridized carbons (Fsp3) is 0.233. The Hall–Kier alpha value is -4.74. The fourth-order valence-corrected chi connectivity index (χ4v) is 4.90. The van der Waals surface area contributed by atoms with Crippen LogP contribution in [0.4, 0.5) is 15.9 Å². The third kappa shape index (κ3) is 5.91. The van der Waals surface area contributed by atoms with E-state index in [0.29, 0.717) is 29.2 Å². The largest absolute Gasteiger partial charge is 0.366 e. The van der Waals surface area contributed by atoms with Crippen molar-refractivity contribution < 1.29 is 14.0 Å². The first-order valence-corrected chi connectivity index (χ1v) is 13.2. The van der Waals surface area contributed by atoms with Crippen LogP contribution < -0.4 is 22.5 Å². The van der Waals surface area contributed by atoms with Crippen molar-refractivity contribution in [2.45, 2.75) is 37.8 Å². The predicted molar refractivity (Wildman–Crippen MR) is 153 cm³/mol. The average molecular weight is 556 g/mol. The number of nitrogens with zero attached hydrogens (tertiary/aromatic N) is 3. The summed E-state index contributed by atoms with van der Waals surface area (Å²) in [7, 11) is 0. The molecule has 7 N–H and O–H groups in total. The molecule has 5 rings (SSSR count). The lowest BCUT2D eigenvalue weighted by Gasteiger charge is -2.32. The molecule has 0 saturated heterocycles. The lowest BCUT2D eigenvalue weighted by Crippen LogP contribution is -2.38. The molecule has 3 aromatic carbocycles. The summed E-state index contributed by atoms with van der Waals surface area (Å²) in [6.07, 6.45) is 3.72. The third-order valence-corrected chi connectivity index (χ3v) is 7.47. The molecule has 41 heavy (non-hydrogen) atoms. The van der Waals surface area contributed by atoms with E-state index in [4.69, 9.17) is 17.2 Å². The molecule has 1 aliphatic rings. The minimum Gasteiger partial charge on any atom is -0.366 e. The van der Waals surface area contributed by atoms with Gasteiger partial charge in [0, 0.05) is 18.2 Å². The Bertz CT molecular complexity index is 1610. The summed E-state index contributed by atoms with van der Waals surface area (Å²) < 4.78 is 16.3. The first-order chi connectivity index (χ1) is 19.7. The van der Waals surface area contributed by atoms with E-state index in [-0.39, 0.29) is 23.7 Å². The smallest absolute Gasteiger partial charge is 0.274 e. The second-order valence-corrected chi connectivity index (χ2v) is 10.3. The van der Waals surface area contributed by atoms with Crippen LogP contribution in [0.1, 0.15) is 63.2 Å². The van der Waals surface area contributed by atoms with Crippen LogP contribution in [-0.4, -0.2) is 21.6 Å². The minimum absolute atomic E-state index is 0.0200. The molecule has 0 spiro atoms. The second-order valence-electron chi connectivity index (χ2n) is 10.3. The summed E-state index contributed by atoms with van der Waals surface area (Å²) in [5, 5.41) is 9.58. The van der Waals surface area contributed by atoms with Crippen molar-refractivity contribution in [3.8, 4) is 5.69 Å². The van der Waals surface area contributed by atoms with Crippen molar-refractivity contribution in [1.82, 2.24) is 9.78 Å². The molecule has 11 heteroatoms. The van der Waals surface area contributed by atoms with Gasteiger partial charge in [-0.3, -0.25) is 9.59 Å². The van der Waals surface area contributed by atoms with Gasteiger partial charge in [-0.05, 0) is 77.0 Å². The van der Waals surface area contributed by atoms with Crippen LogP contribution in [-0.2, 0) is 12.1 Å². The Labute approximate surface area is 235 Å². The van der Waals surface area contributed by atoms with Crippen LogP contribution in [0.25, 0.3) is 5.69 Å². The normalized spacial score (nSPS) is 14.3. The van der Waals surface area contributed by atoms with Crippen LogP contribution in [0.5, 0.6) is 0 Å². The van der Waals surface area contributed by atoms with Crippen LogP contribution in [0.15, 0.2) is 78.0 Å². The molecule has 210 valence electrons. The van der Waals surface area contributed by atoms with E-state index in [9.17, 15) is 14.5 Å². The Balaban J connectivity index is 1.49. The van der Waals surface area contributed by atoms with Gasteiger partial charge in [-0.15, -0.1) is 10.0 Å². The average Bonchev–Trinajstić information content (AvgIpc) is 3.72. The quantitative estimate of drug-likeness (QED) is 0.197. The first kappa shape index (κ1) is 27.8. The molecular formula is C30H30FN7O3. The summed E-state index contributed by atoms with van der Waals surface area (Å²) >= 11 is 0. The number of carbonyl (C=O) groups is 2. The van der Waals surface area contributed by atoms with E-state index < -0.39 is 23.2 Å². The highest BCUT2D eigenvalue weighted by Crippen LogP contribution is 2.40. The molecule has 4 aromatic rings. The molecule has 1 aliphatic carbocycles. The number of nitroso groups, excluding NO2 is 1. The number of hydrogen-bond acceptors (Lipinski definition) is 7. The summed E-state index contributed by atoms with van der Waals surface area (Å²) in [6.45, 7) is 0.264. The number of rotatable bonds is 11. The number of nitrogens with one attached hydrogen (secondary N) is 1. The Morgan fingerprint density at radius 1 is 1.05 bits per heavy atom. The van der Waals surface area contributed by atoms with E-state index >= 15 is 4.39 Å². The zero-order chi connectivity index (χ0) is 29.1. The molecule has 0 bridgehead atoms. The van der Waals surface area contributed by atoms with E-state index in [1.807, 2.05) is 6.07 Å². The molecule has 2 amide bonds. The Morgan fingerprint density at radius 3 is 2.44 bits per heavy atom. The number of benzene rings is 3. The molecule has 1 aromatic heterocycles. The maximum absolute atomic E-state index is 15.1. The van der Waals surface area contributed by atoms with Gasteiger partial charge in [0.1, 0.15) is 11.5 Å².